The van der Waals surface area contributed by atoms with E-state index in [1.807, 2.05) is 18.2 Å². The zero-order valence-electron chi connectivity index (χ0n) is 6.29. The normalized spacial score (nSPS) is 8.00. The van der Waals surface area contributed by atoms with Crippen LogP contribution in [0.5, 0.6) is 0 Å². The Morgan fingerprint density at radius 3 is 2.00 bits per heavy atom. The third-order valence-electron chi connectivity index (χ3n) is 1.08. The Bertz CT molecular complexity index is 184. The van der Waals surface area contributed by atoms with E-state index in [-0.39, 0.29) is 0 Å². The van der Waals surface area contributed by atoms with Crippen LogP contribution in [-0.2, 0) is 0 Å². The van der Waals surface area contributed by atoms with E-state index in [4.69, 9.17) is 10.0 Å². The van der Waals surface area contributed by atoms with Gasteiger partial charge in [-0.05, 0) is 18.6 Å². The molecule has 2 nitrogen and oxygen atoms in total. The molecular formula is C7H10BBrO2. The van der Waals surface area contributed by atoms with Crippen LogP contribution in [0, 0.1) is 6.92 Å². The quantitative estimate of drug-likeness (QED) is 0.636. The maximum absolute atomic E-state index is 7.12. The summed E-state index contributed by atoms with van der Waals surface area (Å²) in [5.74, 6) is 0. The van der Waals surface area contributed by atoms with E-state index in [0.717, 1.165) is 0 Å². The second-order valence-electron chi connectivity index (χ2n) is 1.89. The monoisotopic (exact) mass is 216 g/mol. The zero-order valence-corrected chi connectivity index (χ0v) is 7.87. The van der Waals surface area contributed by atoms with Crippen molar-refractivity contribution < 1.29 is 10.0 Å². The Balaban J connectivity index is 0.000000292. The lowest BCUT2D eigenvalue weighted by atomic mass is 10.2. The second kappa shape index (κ2) is 6.40. The first-order chi connectivity index (χ1) is 5.22. The van der Waals surface area contributed by atoms with Crippen molar-refractivity contribution >= 4 is 23.6 Å². The summed E-state index contributed by atoms with van der Waals surface area (Å²) >= 11 is 3.40. The SMILES string of the molecule is Cc1ccccc1Br.OBO. The molecule has 1 rings (SSSR count). The average Bonchev–Trinajstić information content (AvgIpc) is 1.97. The summed E-state index contributed by atoms with van der Waals surface area (Å²) in [6.45, 7) is 2.07. The van der Waals surface area contributed by atoms with Gasteiger partial charge < -0.3 is 10.0 Å². The Morgan fingerprint density at radius 2 is 1.73 bits per heavy atom. The van der Waals surface area contributed by atoms with Crippen LogP contribution in [0.15, 0.2) is 28.7 Å². The molecule has 0 unspecified atom stereocenters. The minimum absolute atomic E-state index is 0.750. The molecule has 0 bridgehead atoms. The topological polar surface area (TPSA) is 40.5 Å². The molecule has 11 heavy (non-hydrogen) atoms. The summed E-state index contributed by atoms with van der Waals surface area (Å²) in [6, 6.07) is 8.15. The lowest BCUT2D eigenvalue weighted by Crippen LogP contribution is -1.75. The van der Waals surface area contributed by atoms with Gasteiger partial charge in [0.05, 0.1) is 0 Å². The molecule has 0 aliphatic carbocycles. The molecular weight excluding hydrogens is 207 g/mol. The fraction of sp³-hybridized carbons (Fsp3) is 0.143. The van der Waals surface area contributed by atoms with Gasteiger partial charge in [-0.15, -0.1) is 0 Å². The Morgan fingerprint density at radius 1 is 1.27 bits per heavy atom. The van der Waals surface area contributed by atoms with E-state index in [9.17, 15) is 0 Å². The van der Waals surface area contributed by atoms with Crippen LogP contribution in [0.4, 0.5) is 0 Å². The molecule has 0 aliphatic rings. The maximum atomic E-state index is 7.12. The van der Waals surface area contributed by atoms with Crippen molar-refractivity contribution in [2.24, 2.45) is 0 Å². The summed E-state index contributed by atoms with van der Waals surface area (Å²) in [4.78, 5) is 0. The van der Waals surface area contributed by atoms with Gasteiger partial charge in [0, 0.05) is 4.47 Å². The summed E-state index contributed by atoms with van der Waals surface area (Å²) < 4.78 is 1.18. The Kier molecular flexibility index (Phi) is 6.22. The molecule has 0 aliphatic heterocycles. The van der Waals surface area contributed by atoms with Crippen molar-refractivity contribution in [3.05, 3.63) is 34.3 Å². The molecule has 0 radical (unpaired) electrons. The minimum Gasteiger partial charge on any atom is -0.430 e. The standard InChI is InChI=1S/C7H7Br.BH3O2/c1-6-4-2-3-5-7(6)8;2-1-3/h2-5H,1H3;1-3H. The van der Waals surface area contributed by atoms with Gasteiger partial charge in [0.1, 0.15) is 0 Å². The van der Waals surface area contributed by atoms with E-state index in [1.54, 1.807) is 0 Å². The number of hydrogen-bond donors (Lipinski definition) is 2. The fourth-order valence-corrected chi connectivity index (χ4v) is 0.836. The molecule has 60 valence electrons. The third kappa shape index (κ3) is 5.01. The molecule has 0 atom stereocenters. The van der Waals surface area contributed by atoms with Crippen LogP contribution in [0.3, 0.4) is 0 Å². The number of hydrogen-bond acceptors (Lipinski definition) is 2. The predicted octanol–water partition coefficient (Wildman–Crippen LogP) is 0.995. The summed E-state index contributed by atoms with van der Waals surface area (Å²) in [5.41, 5.74) is 1.28. The van der Waals surface area contributed by atoms with Gasteiger partial charge in [0.25, 0.3) is 0 Å². The highest BCUT2D eigenvalue weighted by molar-refractivity contribution is 9.10. The molecule has 4 heteroatoms. The van der Waals surface area contributed by atoms with E-state index in [0.29, 0.717) is 0 Å². The molecule has 0 saturated carbocycles. The lowest BCUT2D eigenvalue weighted by Gasteiger charge is -1.91. The number of aryl methyl sites for hydroxylation is 1. The molecule has 0 spiro atoms. The van der Waals surface area contributed by atoms with E-state index < -0.39 is 7.69 Å². The first-order valence-electron chi connectivity index (χ1n) is 3.15. The van der Waals surface area contributed by atoms with Crippen LogP contribution in [0.2, 0.25) is 0 Å². The lowest BCUT2D eigenvalue weighted by molar-refractivity contribution is 0.448. The van der Waals surface area contributed by atoms with Gasteiger partial charge in [-0.25, -0.2) is 0 Å². The van der Waals surface area contributed by atoms with Crippen LogP contribution in [-0.4, -0.2) is 17.7 Å². The fourth-order valence-electron chi connectivity index (χ4n) is 0.551. The van der Waals surface area contributed by atoms with Crippen LogP contribution in [0.1, 0.15) is 5.56 Å². The molecule has 0 heterocycles. The van der Waals surface area contributed by atoms with Gasteiger partial charge in [0.2, 0.25) is 0 Å². The molecule has 2 N–H and O–H groups in total. The summed E-state index contributed by atoms with van der Waals surface area (Å²) in [7, 11) is -0.750. The molecule has 0 amide bonds. The Hall–Kier alpha value is -0.315. The minimum atomic E-state index is -0.750. The van der Waals surface area contributed by atoms with Gasteiger partial charge in [0.15, 0.2) is 0 Å². The summed E-state index contributed by atoms with van der Waals surface area (Å²) in [6.07, 6.45) is 0. The average molecular weight is 217 g/mol. The first-order valence-corrected chi connectivity index (χ1v) is 3.94. The van der Waals surface area contributed by atoms with E-state index in [1.165, 1.54) is 10.0 Å². The van der Waals surface area contributed by atoms with Crippen molar-refractivity contribution in [1.29, 1.82) is 0 Å². The van der Waals surface area contributed by atoms with Crippen molar-refractivity contribution in [2.75, 3.05) is 0 Å². The number of halogens is 1. The van der Waals surface area contributed by atoms with E-state index in [2.05, 4.69) is 28.9 Å². The number of benzene rings is 1. The van der Waals surface area contributed by atoms with Crippen LogP contribution in [0.25, 0.3) is 0 Å². The van der Waals surface area contributed by atoms with Crippen molar-refractivity contribution in [1.82, 2.24) is 0 Å². The summed E-state index contributed by atoms with van der Waals surface area (Å²) in [5, 5.41) is 14.2. The van der Waals surface area contributed by atoms with Crippen LogP contribution >= 0.6 is 15.9 Å². The van der Waals surface area contributed by atoms with Gasteiger partial charge >= 0.3 is 7.69 Å². The molecule has 0 saturated heterocycles. The highest BCUT2D eigenvalue weighted by Gasteiger charge is 1.86. The molecule has 0 fully saturated rings. The predicted molar refractivity (Wildman–Crippen MR) is 50.5 cm³/mol. The molecule has 1 aromatic rings. The van der Waals surface area contributed by atoms with Gasteiger partial charge in [-0.3, -0.25) is 0 Å². The van der Waals surface area contributed by atoms with Gasteiger partial charge in [-0.2, -0.15) is 0 Å². The number of rotatable bonds is 0. The maximum Gasteiger partial charge on any atom is 0.432 e. The first kappa shape index (κ1) is 10.7. The highest BCUT2D eigenvalue weighted by atomic mass is 79.9. The second-order valence-corrected chi connectivity index (χ2v) is 2.74. The van der Waals surface area contributed by atoms with Crippen LogP contribution < -0.4 is 0 Å². The van der Waals surface area contributed by atoms with Crippen molar-refractivity contribution in [3.8, 4) is 0 Å². The smallest absolute Gasteiger partial charge is 0.430 e. The molecule has 0 aromatic heterocycles. The largest absolute Gasteiger partial charge is 0.432 e. The Labute approximate surface area is 75.3 Å². The van der Waals surface area contributed by atoms with Crippen molar-refractivity contribution in [2.45, 2.75) is 6.92 Å². The van der Waals surface area contributed by atoms with Crippen molar-refractivity contribution in [3.63, 3.8) is 0 Å². The zero-order chi connectivity index (χ0) is 8.69. The highest BCUT2D eigenvalue weighted by Crippen LogP contribution is 2.13. The molecule has 1 aromatic carbocycles. The van der Waals surface area contributed by atoms with Gasteiger partial charge in [-0.1, -0.05) is 34.1 Å². The van der Waals surface area contributed by atoms with E-state index >= 15 is 0 Å². The third-order valence-corrected chi connectivity index (χ3v) is 1.97.